The van der Waals surface area contributed by atoms with Gasteiger partial charge in [-0.25, -0.2) is 4.98 Å². The number of nitrogens with one attached hydrogen (secondary N) is 2. The Balaban J connectivity index is 1.44. The first kappa shape index (κ1) is 15.4. The first-order valence-corrected chi connectivity index (χ1v) is 8.72. The maximum atomic E-state index is 12.4. The van der Waals surface area contributed by atoms with E-state index in [9.17, 15) is 4.79 Å². The molecule has 24 heavy (non-hydrogen) atoms. The first-order valence-electron chi connectivity index (χ1n) is 8.72. The number of carbonyl (C=O) groups excluding carboxylic acids is 1. The summed E-state index contributed by atoms with van der Waals surface area (Å²) in [6, 6.07) is 1.96. The van der Waals surface area contributed by atoms with E-state index in [4.69, 9.17) is 4.42 Å². The summed E-state index contributed by atoms with van der Waals surface area (Å²) in [5.41, 5.74) is 1.06. The Bertz CT molecular complexity index is 725. The zero-order chi connectivity index (χ0) is 16.5. The first-order chi connectivity index (χ1) is 11.7. The molecule has 2 fully saturated rings. The molecule has 2 aromatic rings. The Morgan fingerprint density at radius 1 is 1.29 bits per heavy atom. The molecule has 2 aromatic heterocycles. The molecule has 1 amide bonds. The van der Waals surface area contributed by atoms with E-state index < -0.39 is 0 Å². The van der Waals surface area contributed by atoms with Gasteiger partial charge in [-0.1, -0.05) is 6.42 Å². The molecule has 1 aliphatic carbocycles. The van der Waals surface area contributed by atoms with Crippen molar-refractivity contribution in [2.45, 2.75) is 43.9 Å². The molecule has 4 rings (SSSR count). The quantitative estimate of drug-likeness (QED) is 0.899. The highest BCUT2D eigenvalue weighted by Gasteiger charge is 2.25. The zero-order valence-corrected chi connectivity index (χ0v) is 13.9. The van der Waals surface area contributed by atoms with Gasteiger partial charge in [-0.05, 0) is 38.8 Å². The highest BCUT2D eigenvalue weighted by Crippen LogP contribution is 2.36. The van der Waals surface area contributed by atoms with Gasteiger partial charge in [-0.2, -0.15) is 5.10 Å². The van der Waals surface area contributed by atoms with E-state index in [1.165, 1.54) is 25.5 Å². The van der Waals surface area contributed by atoms with Crippen LogP contribution in [-0.4, -0.2) is 33.8 Å². The minimum atomic E-state index is -0.272. The van der Waals surface area contributed by atoms with Gasteiger partial charge >= 0.3 is 0 Å². The molecule has 2 N–H and O–H groups in total. The second-order valence-electron chi connectivity index (χ2n) is 6.75. The van der Waals surface area contributed by atoms with Crippen molar-refractivity contribution < 1.29 is 9.21 Å². The molecule has 0 aromatic carbocycles. The number of anilines is 1. The van der Waals surface area contributed by atoms with Crippen molar-refractivity contribution in [1.82, 2.24) is 20.1 Å². The fourth-order valence-corrected chi connectivity index (χ4v) is 3.34. The predicted molar refractivity (Wildman–Crippen MR) is 89.1 cm³/mol. The molecule has 0 spiro atoms. The molecule has 0 radical (unpaired) electrons. The number of carbonyl (C=O) groups is 1. The second kappa shape index (κ2) is 6.39. The highest BCUT2D eigenvalue weighted by atomic mass is 16.4. The van der Waals surface area contributed by atoms with Crippen molar-refractivity contribution in [2.75, 3.05) is 18.4 Å². The molecule has 2 aliphatic rings. The van der Waals surface area contributed by atoms with E-state index in [2.05, 4.69) is 20.7 Å². The van der Waals surface area contributed by atoms with Crippen LogP contribution >= 0.6 is 0 Å². The third kappa shape index (κ3) is 2.96. The van der Waals surface area contributed by atoms with E-state index in [0.717, 1.165) is 31.6 Å². The van der Waals surface area contributed by atoms with Gasteiger partial charge in [0.1, 0.15) is 5.82 Å². The summed E-state index contributed by atoms with van der Waals surface area (Å²) < 4.78 is 7.42. The Morgan fingerprint density at radius 3 is 2.79 bits per heavy atom. The minimum Gasteiger partial charge on any atom is -0.435 e. The van der Waals surface area contributed by atoms with Crippen molar-refractivity contribution in [3.05, 3.63) is 29.6 Å². The third-order valence-electron chi connectivity index (χ3n) is 5.10. The molecule has 7 nitrogen and oxygen atoms in total. The number of aromatic nitrogens is 3. The van der Waals surface area contributed by atoms with Crippen molar-refractivity contribution in [3.8, 4) is 0 Å². The SMILES string of the molecule is Cn1nc(C2CCC2)cc1NC(=O)c1cnc(C2CCNCC2)o1. The van der Waals surface area contributed by atoms with E-state index in [-0.39, 0.29) is 11.7 Å². The van der Waals surface area contributed by atoms with E-state index in [1.54, 1.807) is 4.68 Å². The van der Waals surface area contributed by atoms with Gasteiger partial charge in [-0.3, -0.25) is 9.48 Å². The van der Waals surface area contributed by atoms with E-state index in [1.807, 2.05) is 13.1 Å². The molecule has 0 atom stereocenters. The van der Waals surface area contributed by atoms with Crippen LogP contribution in [0.5, 0.6) is 0 Å². The number of nitrogens with zero attached hydrogens (tertiary/aromatic N) is 3. The summed E-state index contributed by atoms with van der Waals surface area (Å²) in [6.45, 7) is 1.93. The third-order valence-corrected chi connectivity index (χ3v) is 5.10. The topological polar surface area (TPSA) is 85.0 Å². The Kier molecular flexibility index (Phi) is 4.10. The summed E-state index contributed by atoms with van der Waals surface area (Å²) in [6.07, 6.45) is 7.15. The lowest BCUT2D eigenvalue weighted by molar-refractivity contribution is 0.0993. The zero-order valence-electron chi connectivity index (χ0n) is 13.9. The number of oxazole rings is 1. The van der Waals surface area contributed by atoms with Crippen LogP contribution in [-0.2, 0) is 7.05 Å². The van der Waals surface area contributed by atoms with Gasteiger partial charge in [0.15, 0.2) is 5.89 Å². The van der Waals surface area contributed by atoms with Crippen molar-refractivity contribution in [3.63, 3.8) is 0 Å². The smallest absolute Gasteiger partial charge is 0.294 e. The lowest BCUT2D eigenvalue weighted by Gasteiger charge is -2.22. The molecule has 128 valence electrons. The number of piperidine rings is 1. The van der Waals surface area contributed by atoms with Crippen molar-refractivity contribution >= 4 is 11.7 Å². The molecule has 1 saturated heterocycles. The lowest BCUT2D eigenvalue weighted by atomic mass is 9.83. The fourth-order valence-electron chi connectivity index (χ4n) is 3.34. The standard InChI is InChI=1S/C17H23N5O2/c1-22-15(9-13(21-22)11-3-2-4-11)20-16(23)14-10-19-17(24-14)12-5-7-18-8-6-12/h9-12,18H,2-8H2,1H3,(H,20,23). The van der Waals surface area contributed by atoms with Crippen LogP contribution in [0.25, 0.3) is 0 Å². The van der Waals surface area contributed by atoms with Crippen LogP contribution < -0.4 is 10.6 Å². The second-order valence-corrected chi connectivity index (χ2v) is 6.75. The lowest BCUT2D eigenvalue weighted by Crippen LogP contribution is -2.26. The predicted octanol–water partition coefficient (Wildman–Crippen LogP) is 2.39. The fraction of sp³-hybridized carbons (Fsp3) is 0.588. The molecule has 3 heterocycles. The van der Waals surface area contributed by atoms with Gasteiger partial charge in [-0.15, -0.1) is 0 Å². The van der Waals surface area contributed by atoms with E-state index >= 15 is 0 Å². The summed E-state index contributed by atoms with van der Waals surface area (Å²) in [5.74, 6) is 2.19. The Morgan fingerprint density at radius 2 is 2.08 bits per heavy atom. The number of hydrogen-bond acceptors (Lipinski definition) is 5. The summed E-state index contributed by atoms with van der Waals surface area (Å²) in [4.78, 5) is 16.7. The monoisotopic (exact) mass is 329 g/mol. The van der Waals surface area contributed by atoms with Crippen molar-refractivity contribution in [1.29, 1.82) is 0 Å². The molecule has 7 heteroatoms. The molecule has 1 saturated carbocycles. The highest BCUT2D eigenvalue weighted by molar-refractivity contribution is 6.01. The summed E-state index contributed by atoms with van der Waals surface area (Å²) in [7, 11) is 1.85. The number of amides is 1. The van der Waals surface area contributed by atoms with Crippen LogP contribution in [0, 0.1) is 0 Å². The molecular weight excluding hydrogens is 306 g/mol. The van der Waals surface area contributed by atoms with Gasteiger partial charge in [0.05, 0.1) is 11.9 Å². The Hall–Kier alpha value is -2.15. The molecule has 1 aliphatic heterocycles. The Labute approximate surface area is 140 Å². The number of aryl methyl sites for hydroxylation is 1. The maximum Gasteiger partial charge on any atom is 0.294 e. The van der Waals surface area contributed by atoms with Crippen LogP contribution in [0.15, 0.2) is 16.7 Å². The minimum absolute atomic E-state index is 0.259. The maximum absolute atomic E-state index is 12.4. The number of rotatable bonds is 4. The van der Waals surface area contributed by atoms with Gasteiger partial charge in [0.2, 0.25) is 5.76 Å². The average Bonchev–Trinajstić information content (AvgIpc) is 3.15. The number of hydrogen-bond donors (Lipinski definition) is 2. The van der Waals surface area contributed by atoms with Crippen LogP contribution in [0.4, 0.5) is 5.82 Å². The van der Waals surface area contributed by atoms with E-state index in [0.29, 0.717) is 23.5 Å². The van der Waals surface area contributed by atoms with Crippen LogP contribution in [0.3, 0.4) is 0 Å². The largest absolute Gasteiger partial charge is 0.435 e. The normalized spacial score (nSPS) is 19.2. The average molecular weight is 329 g/mol. The molecule has 0 unspecified atom stereocenters. The van der Waals surface area contributed by atoms with Gasteiger partial charge in [0.25, 0.3) is 5.91 Å². The molecular formula is C17H23N5O2. The van der Waals surface area contributed by atoms with Crippen LogP contribution in [0.2, 0.25) is 0 Å². The summed E-state index contributed by atoms with van der Waals surface area (Å²) >= 11 is 0. The van der Waals surface area contributed by atoms with Gasteiger partial charge in [0, 0.05) is 24.9 Å². The van der Waals surface area contributed by atoms with Gasteiger partial charge < -0.3 is 15.1 Å². The summed E-state index contributed by atoms with van der Waals surface area (Å²) in [5, 5.41) is 10.7. The molecule has 0 bridgehead atoms. The van der Waals surface area contributed by atoms with Crippen molar-refractivity contribution in [2.24, 2.45) is 7.05 Å². The van der Waals surface area contributed by atoms with Crippen LogP contribution in [0.1, 0.15) is 66.1 Å².